The van der Waals surface area contributed by atoms with E-state index >= 15 is 4.39 Å². The van der Waals surface area contributed by atoms with Crippen molar-refractivity contribution in [1.29, 1.82) is 0 Å². The van der Waals surface area contributed by atoms with Crippen LogP contribution in [-0.2, 0) is 26.3 Å². The fourth-order valence-corrected chi connectivity index (χ4v) is 8.62. The van der Waals surface area contributed by atoms with Gasteiger partial charge in [-0.25, -0.2) is 13.8 Å². The summed E-state index contributed by atoms with van der Waals surface area (Å²) in [7, 11) is 3.57. The van der Waals surface area contributed by atoms with Crippen molar-refractivity contribution in [2.45, 2.75) is 43.8 Å². The number of hydrogen-bond acceptors (Lipinski definition) is 8. The van der Waals surface area contributed by atoms with Gasteiger partial charge in [-0.05, 0) is 56.0 Å². The number of rotatable bonds is 11. The van der Waals surface area contributed by atoms with Crippen molar-refractivity contribution < 1.29 is 27.8 Å². The molecule has 1 atom stereocenters. The molecule has 0 radical (unpaired) electrons. The molecule has 2 aliphatic heterocycles. The molecule has 10 nitrogen and oxygen atoms in total. The maximum atomic E-state index is 16.2. The first-order valence-electron chi connectivity index (χ1n) is 17.8. The third-order valence-corrected chi connectivity index (χ3v) is 11.6. The average Bonchev–Trinajstić information content (AvgIpc) is 3.58. The van der Waals surface area contributed by atoms with Gasteiger partial charge in [-0.2, -0.15) is 5.10 Å². The Balaban J connectivity index is 1.26. The van der Waals surface area contributed by atoms with Crippen LogP contribution in [0, 0.1) is 11.6 Å². The van der Waals surface area contributed by atoms with Crippen molar-refractivity contribution in [3.05, 3.63) is 89.5 Å². The zero-order chi connectivity index (χ0) is 37.0. The molecule has 1 saturated carbocycles. The number of likely N-dealkylation sites (tertiary alicyclic amines) is 1. The second-order valence-electron chi connectivity index (χ2n) is 14.1. The SMILES string of the molecule is C=CC(=O)N1CCn2nc(-c3nc(-c4ccc(C5(C(=O)NC6CN(C)C6)CC5)cc4)c4ccsc4c3-c3c(F)cc(F)cc3OCCOC)cc2[C@H]1C. The predicted molar refractivity (Wildman–Crippen MR) is 200 cm³/mol. The lowest BCUT2D eigenvalue weighted by Gasteiger charge is -2.37. The van der Waals surface area contributed by atoms with Gasteiger partial charge in [0.05, 0.1) is 47.6 Å². The lowest BCUT2D eigenvalue weighted by atomic mass is 9.92. The number of ether oxygens (including phenoxy) is 2. The van der Waals surface area contributed by atoms with Gasteiger partial charge in [0.15, 0.2) is 0 Å². The molecule has 274 valence electrons. The van der Waals surface area contributed by atoms with Gasteiger partial charge < -0.3 is 24.6 Å². The molecule has 0 bridgehead atoms. The Morgan fingerprint density at radius 2 is 1.83 bits per heavy atom. The molecule has 13 heteroatoms. The average molecular weight is 739 g/mol. The fraction of sp³-hybridized carbons (Fsp3) is 0.350. The molecule has 1 aliphatic carbocycles. The van der Waals surface area contributed by atoms with Gasteiger partial charge >= 0.3 is 0 Å². The lowest BCUT2D eigenvalue weighted by Crippen LogP contribution is -2.59. The second-order valence-corrected chi connectivity index (χ2v) is 15.0. The minimum Gasteiger partial charge on any atom is -0.490 e. The molecule has 0 spiro atoms. The third kappa shape index (κ3) is 6.20. The van der Waals surface area contributed by atoms with E-state index in [0.29, 0.717) is 35.7 Å². The number of carbonyl (C=O) groups is 2. The Morgan fingerprint density at radius 3 is 2.53 bits per heavy atom. The second kappa shape index (κ2) is 13.8. The van der Waals surface area contributed by atoms with Gasteiger partial charge in [0.2, 0.25) is 11.8 Å². The highest BCUT2D eigenvalue weighted by Gasteiger charge is 2.52. The molecule has 3 aliphatic rings. The van der Waals surface area contributed by atoms with Crippen molar-refractivity contribution in [2.75, 3.05) is 47.0 Å². The predicted octanol–water partition coefficient (Wildman–Crippen LogP) is 6.35. The molecule has 1 saturated heterocycles. The van der Waals surface area contributed by atoms with Crippen LogP contribution in [0.5, 0.6) is 5.75 Å². The Morgan fingerprint density at radius 1 is 1.06 bits per heavy atom. The largest absolute Gasteiger partial charge is 0.490 e. The van der Waals surface area contributed by atoms with Crippen LogP contribution in [0.4, 0.5) is 8.78 Å². The van der Waals surface area contributed by atoms with Crippen molar-refractivity contribution in [3.63, 3.8) is 0 Å². The monoisotopic (exact) mass is 738 g/mol. The molecular weight excluding hydrogens is 699 g/mol. The van der Waals surface area contributed by atoms with Crippen LogP contribution in [0.3, 0.4) is 0 Å². The summed E-state index contributed by atoms with van der Waals surface area (Å²) >= 11 is 1.42. The number of nitrogens with zero attached hydrogens (tertiary/aromatic N) is 5. The number of methoxy groups -OCH3 is 1. The number of pyridine rings is 1. The molecule has 2 aromatic carbocycles. The highest BCUT2D eigenvalue weighted by atomic mass is 32.1. The minimum atomic E-state index is -0.797. The summed E-state index contributed by atoms with van der Waals surface area (Å²) < 4.78 is 44.6. The molecule has 5 heterocycles. The highest BCUT2D eigenvalue weighted by molar-refractivity contribution is 7.18. The molecule has 1 N–H and O–H groups in total. The first kappa shape index (κ1) is 35.1. The maximum absolute atomic E-state index is 16.2. The van der Waals surface area contributed by atoms with E-state index in [4.69, 9.17) is 19.6 Å². The number of carbonyl (C=O) groups excluding carboxylic acids is 2. The number of hydrogen-bond donors (Lipinski definition) is 1. The molecule has 53 heavy (non-hydrogen) atoms. The molecule has 5 aromatic rings. The van der Waals surface area contributed by atoms with Crippen molar-refractivity contribution >= 4 is 33.2 Å². The number of aromatic nitrogens is 3. The molecule has 8 rings (SSSR count). The smallest absolute Gasteiger partial charge is 0.246 e. The molecule has 0 unspecified atom stereocenters. The van der Waals surface area contributed by atoms with Crippen LogP contribution in [0.1, 0.15) is 37.1 Å². The number of benzene rings is 2. The summed E-state index contributed by atoms with van der Waals surface area (Å²) in [5.41, 5.74) is 4.07. The Bertz CT molecular complexity index is 2240. The van der Waals surface area contributed by atoms with Crippen molar-refractivity contribution in [1.82, 2.24) is 29.9 Å². The van der Waals surface area contributed by atoms with E-state index in [1.807, 2.05) is 60.4 Å². The highest BCUT2D eigenvalue weighted by Crippen LogP contribution is 2.50. The number of halogens is 2. The van der Waals surface area contributed by atoms with E-state index in [1.54, 1.807) is 4.90 Å². The van der Waals surface area contributed by atoms with Crippen LogP contribution in [0.2, 0.25) is 0 Å². The quantitative estimate of drug-likeness (QED) is 0.125. The fourth-order valence-electron chi connectivity index (χ4n) is 7.67. The van der Waals surface area contributed by atoms with Crippen LogP contribution in [0.15, 0.2) is 66.6 Å². The van der Waals surface area contributed by atoms with E-state index in [-0.39, 0.29) is 48.4 Å². The summed E-state index contributed by atoms with van der Waals surface area (Å²) in [6.07, 6.45) is 2.89. The summed E-state index contributed by atoms with van der Waals surface area (Å²) in [4.78, 5) is 35.2. The van der Waals surface area contributed by atoms with E-state index in [9.17, 15) is 14.0 Å². The molecule has 2 fully saturated rings. The summed E-state index contributed by atoms with van der Waals surface area (Å²) in [5, 5.41) is 10.9. The van der Waals surface area contributed by atoms with Crippen LogP contribution >= 0.6 is 11.3 Å². The number of nitrogens with one attached hydrogen (secondary N) is 1. The summed E-state index contributed by atoms with van der Waals surface area (Å²) in [6.45, 7) is 8.50. The van der Waals surface area contributed by atoms with E-state index in [0.717, 1.165) is 58.9 Å². The maximum Gasteiger partial charge on any atom is 0.246 e. The number of fused-ring (bicyclic) bond motifs is 2. The van der Waals surface area contributed by atoms with Crippen LogP contribution < -0.4 is 10.1 Å². The zero-order valence-corrected chi connectivity index (χ0v) is 30.6. The topological polar surface area (TPSA) is 102 Å². The van der Waals surface area contributed by atoms with Crippen molar-refractivity contribution in [2.24, 2.45) is 0 Å². The van der Waals surface area contributed by atoms with E-state index in [1.165, 1.54) is 30.6 Å². The standard InChI is InChI=1S/C40H40F2N6O4S/c1-5-33(49)47-13-14-48-31(23(47)2)20-30(45-48)37-35(34-29(42)18-26(41)19-32(34)52-16-15-51-4)38-28(10-17-53-38)36(44-37)24-6-8-25(9-7-24)40(11-12-40)39(50)43-27-21-46(3)22-27/h5-10,17-20,23,27H,1,11-16,21-22H2,2-4H3,(H,43,50)/t23-/m1/s1. The summed E-state index contributed by atoms with van der Waals surface area (Å²) in [5.74, 6) is -1.65. The van der Waals surface area contributed by atoms with Gasteiger partial charge in [0, 0.05) is 60.1 Å². The molecule has 3 aromatic heterocycles. The number of likely N-dealkylation sites (N-methyl/N-ethyl adjacent to an activating group) is 1. The van der Waals surface area contributed by atoms with Gasteiger partial charge in [0.25, 0.3) is 0 Å². The van der Waals surface area contributed by atoms with Crippen molar-refractivity contribution in [3.8, 4) is 39.5 Å². The lowest BCUT2D eigenvalue weighted by molar-refractivity contribution is -0.129. The minimum absolute atomic E-state index is 0.0241. The van der Waals surface area contributed by atoms with E-state index < -0.39 is 17.0 Å². The van der Waals surface area contributed by atoms with Crippen LogP contribution in [0.25, 0.3) is 43.9 Å². The number of amides is 2. The summed E-state index contributed by atoms with van der Waals surface area (Å²) in [6, 6.07) is 13.7. The molecule has 2 amide bonds. The van der Waals surface area contributed by atoms with Gasteiger partial charge in [-0.15, -0.1) is 11.3 Å². The molecular formula is C40H40F2N6O4S. The van der Waals surface area contributed by atoms with Gasteiger partial charge in [0.1, 0.15) is 35.4 Å². The first-order chi connectivity index (χ1) is 25.6. The normalized spacial score (nSPS) is 18.1. The van der Waals surface area contributed by atoms with Crippen LogP contribution in [-0.4, -0.2) is 89.4 Å². The Hall–Kier alpha value is -4.98. The Labute approximate surface area is 310 Å². The van der Waals surface area contributed by atoms with Gasteiger partial charge in [-0.3, -0.25) is 14.3 Å². The zero-order valence-electron chi connectivity index (χ0n) is 29.8. The first-order valence-corrected chi connectivity index (χ1v) is 18.6. The van der Waals surface area contributed by atoms with E-state index in [2.05, 4.69) is 16.8 Å². The van der Waals surface area contributed by atoms with Gasteiger partial charge in [-0.1, -0.05) is 30.8 Å². The Kier molecular flexibility index (Phi) is 9.12. The number of thiophene rings is 1. The third-order valence-electron chi connectivity index (χ3n) is 10.7.